The van der Waals surface area contributed by atoms with Gasteiger partial charge in [-0.15, -0.1) is 5.10 Å². The summed E-state index contributed by atoms with van der Waals surface area (Å²) in [4.78, 5) is 51.1. The van der Waals surface area contributed by atoms with Gasteiger partial charge in [0.2, 0.25) is 5.78 Å². The summed E-state index contributed by atoms with van der Waals surface area (Å²) < 4.78 is 0. The number of thioether (sulfide) groups is 1. The highest BCUT2D eigenvalue weighted by molar-refractivity contribution is 8.17. The van der Waals surface area contributed by atoms with Crippen molar-refractivity contribution in [3.63, 3.8) is 0 Å². The summed E-state index contributed by atoms with van der Waals surface area (Å²) in [5, 5.41) is 10.6. The molecule has 0 fully saturated rings. The minimum absolute atomic E-state index is 0.0286. The maximum Gasteiger partial charge on any atom is 0.257 e. The molecule has 12 heteroatoms. The summed E-state index contributed by atoms with van der Waals surface area (Å²) in [5.74, 6) is -1.67. The molecule has 5 rings (SSSR count). The van der Waals surface area contributed by atoms with Gasteiger partial charge in [0.05, 0.1) is 16.3 Å². The van der Waals surface area contributed by atoms with Gasteiger partial charge in [-0.1, -0.05) is 65.1 Å². The Kier molecular flexibility index (Phi) is 8.41. The Hall–Kier alpha value is -4.15. The van der Waals surface area contributed by atoms with Crippen molar-refractivity contribution in [3.05, 3.63) is 133 Å². The van der Waals surface area contributed by atoms with Crippen molar-refractivity contribution in [1.82, 2.24) is 10.7 Å². The van der Waals surface area contributed by atoms with Crippen LogP contribution in [0.15, 0.2) is 111 Å². The maximum atomic E-state index is 13.0. The second kappa shape index (κ2) is 12.2. The number of ketones is 2. The van der Waals surface area contributed by atoms with Crippen molar-refractivity contribution in [2.24, 2.45) is 5.10 Å². The second-order valence-electron chi connectivity index (χ2n) is 8.59. The molecule has 2 amide bonds. The van der Waals surface area contributed by atoms with E-state index in [0.29, 0.717) is 21.3 Å². The van der Waals surface area contributed by atoms with E-state index in [9.17, 15) is 19.2 Å². The number of nitrogens with zero attached hydrogens (tertiary/aromatic N) is 1. The smallest absolute Gasteiger partial charge is 0.257 e. The van der Waals surface area contributed by atoms with E-state index in [2.05, 4.69) is 21.2 Å². The van der Waals surface area contributed by atoms with E-state index < -0.39 is 17.6 Å². The molecule has 3 aromatic carbocycles. The maximum absolute atomic E-state index is 13.0. The molecule has 1 aliphatic carbocycles. The van der Waals surface area contributed by atoms with Crippen LogP contribution in [-0.2, 0) is 4.79 Å². The monoisotopic (exact) mass is 622 g/mol. The number of anilines is 1. The molecule has 0 unspecified atom stereocenters. The highest BCUT2D eigenvalue weighted by atomic mass is 35.5. The van der Waals surface area contributed by atoms with Crippen molar-refractivity contribution in [1.29, 1.82) is 0 Å². The van der Waals surface area contributed by atoms with Crippen molar-refractivity contribution >= 4 is 80.8 Å². The zero-order valence-corrected chi connectivity index (χ0v) is 23.8. The van der Waals surface area contributed by atoms with Crippen LogP contribution in [0.2, 0.25) is 5.02 Å². The number of carbonyl (C=O) groups is 4. The number of rotatable bonds is 5. The van der Waals surface area contributed by atoms with Crippen molar-refractivity contribution in [3.8, 4) is 0 Å². The van der Waals surface area contributed by atoms with Crippen LogP contribution >= 0.6 is 46.6 Å². The fraction of sp³-hybridized carbons (Fsp3) is 0. The number of Topliss-reactive ketones (excluding diaryl/α,β-unsaturated/α-hetero) is 1. The Balaban J connectivity index is 1.25. The molecule has 0 spiro atoms. The number of amidine groups is 1. The number of hydrazone groups is 1. The van der Waals surface area contributed by atoms with Gasteiger partial charge in [-0.3, -0.25) is 29.9 Å². The number of amides is 2. The number of carbonyl (C=O) groups excluding carboxylic acids is 4. The Labute approximate surface area is 253 Å². The topological polar surface area (TPSA) is 117 Å². The highest BCUT2D eigenvalue weighted by Crippen LogP contribution is 2.31. The predicted octanol–water partition coefficient (Wildman–Crippen LogP) is 6.20. The van der Waals surface area contributed by atoms with Crippen molar-refractivity contribution < 1.29 is 19.2 Å². The molecular weight excluding hydrogens is 607 g/mol. The van der Waals surface area contributed by atoms with Gasteiger partial charge in [0, 0.05) is 32.3 Å². The Morgan fingerprint density at radius 1 is 0.780 bits per heavy atom. The predicted molar refractivity (Wildman–Crippen MR) is 161 cm³/mol. The highest BCUT2D eigenvalue weighted by Gasteiger charge is 2.26. The fourth-order valence-electron chi connectivity index (χ4n) is 3.84. The van der Waals surface area contributed by atoms with Crippen LogP contribution in [0.4, 0.5) is 5.69 Å². The Bertz CT molecular complexity index is 1730. The lowest BCUT2D eigenvalue weighted by atomic mass is 10.0. The number of nitrogens with one attached hydrogen (secondary N) is 3. The fourth-order valence-corrected chi connectivity index (χ4v) is 5.28. The van der Waals surface area contributed by atoms with E-state index in [4.69, 9.17) is 34.8 Å². The van der Waals surface area contributed by atoms with Crippen molar-refractivity contribution in [2.45, 2.75) is 0 Å². The third-order valence-corrected chi connectivity index (χ3v) is 7.49. The number of benzene rings is 3. The first-order chi connectivity index (χ1) is 19.7. The van der Waals surface area contributed by atoms with E-state index in [1.807, 2.05) is 0 Å². The van der Waals surface area contributed by atoms with E-state index in [1.165, 1.54) is 42.5 Å². The standard InChI is InChI=1S/C29H17Cl3N4O4S/c30-18-10-11-23(20(12-18)24(37)15-4-2-1-3-5-15)33-26(39)16-6-8-17(9-7-16)27(40)34-29-36-35-28(41-29)21-13-19(31)14-22(32)25(21)38/h1-14,35H,(H,33,39)(H,34,36,40)/b28-21-. The molecular formula is C29H17Cl3N4O4S. The summed E-state index contributed by atoms with van der Waals surface area (Å²) >= 11 is 19.1. The molecule has 41 heavy (non-hydrogen) atoms. The van der Waals surface area contributed by atoms with Crippen LogP contribution < -0.4 is 16.1 Å². The van der Waals surface area contributed by atoms with Crippen LogP contribution in [0.3, 0.4) is 0 Å². The average Bonchev–Trinajstić information content (AvgIpc) is 3.44. The molecule has 0 saturated heterocycles. The van der Waals surface area contributed by atoms with Gasteiger partial charge in [-0.2, -0.15) is 0 Å². The van der Waals surface area contributed by atoms with Gasteiger partial charge in [0.15, 0.2) is 11.0 Å². The lowest BCUT2D eigenvalue weighted by Gasteiger charge is -2.12. The normalized spacial score (nSPS) is 16.3. The van der Waals surface area contributed by atoms with Crippen LogP contribution in [0.1, 0.15) is 36.6 Å². The largest absolute Gasteiger partial charge is 0.321 e. The molecule has 0 bridgehead atoms. The first-order valence-corrected chi connectivity index (χ1v) is 13.8. The van der Waals surface area contributed by atoms with Crippen LogP contribution in [-0.4, -0.2) is 28.5 Å². The molecule has 2 aliphatic rings. The second-order valence-corrected chi connectivity index (χ2v) is 10.9. The summed E-state index contributed by atoms with van der Waals surface area (Å²) in [6, 6.07) is 19.2. The number of hydrogen-bond donors (Lipinski definition) is 3. The summed E-state index contributed by atoms with van der Waals surface area (Å²) in [6.07, 6.45) is 2.81. The molecule has 0 saturated carbocycles. The SMILES string of the molecule is O=C1C(Cl)=CC(Cl)=C/C1=C1\NN=C(NC(=O)c2ccc(C(=O)Nc3ccc(Cl)cc3C(=O)c3ccccc3)cc2)S1. The Morgan fingerprint density at radius 3 is 2.12 bits per heavy atom. The summed E-state index contributed by atoms with van der Waals surface area (Å²) in [6.45, 7) is 0. The zero-order valence-electron chi connectivity index (χ0n) is 20.7. The van der Waals surface area contributed by atoms with Gasteiger partial charge < -0.3 is 5.32 Å². The molecule has 3 N–H and O–H groups in total. The van der Waals surface area contributed by atoms with E-state index in [0.717, 1.165) is 11.8 Å². The lowest BCUT2D eigenvalue weighted by molar-refractivity contribution is -0.111. The molecule has 204 valence electrons. The minimum atomic E-state index is -0.480. The van der Waals surface area contributed by atoms with Gasteiger partial charge in [0.1, 0.15) is 5.03 Å². The van der Waals surface area contributed by atoms with Gasteiger partial charge in [-0.25, -0.2) is 0 Å². The molecule has 0 atom stereocenters. The quantitative estimate of drug-likeness (QED) is 0.230. The molecule has 1 aliphatic heterocycles. The van der Waals surface area contributed by atoms with Crippen LogP contribution in [0, 0.1) is 0 Å². The molecule has 0 aromatic heterocycles. The molecule has 1 heterocycles. The number of hydrogen-bond acceptors (Lipinski definition) is 7. The van der Waals surface area contributed by atoms with E-state index in [-0.39, 0.29) is 43.3 Å². The van der Waals surface area contributed by atoms with Crippen molar-refractivity contribution in [2.75, 3.05) is 5.32 Å². The third-order valence-electron chi connectivity index (χ3n) is 5.85. The Morgan fingerprint density at radius 2 is 1.44 bits per heavy atom. The minimum Gasteiger partial charge on any atom is -0.321 e. The van der Waals surface area contributed by atoms with Gasteiger partial charge >= 0.3 is 0 Å². The number of allylic oxidation sites excluding steroid dienone is 5. The van der Waals surface area contributed by atoms with Crippen LogP contribution in [0.5, 0.6) is 0 Å². The molecule has 8 nitrogen and oxygen atoms in total. The van der Waals surface area contributed by atoms with E-state index in [1.54, 1.807) is 42.5 Å². The molecule has 0 radical (unpaired) electrons. The first kappa shape index (κ1) is 28.4. The summed E-state index contributed by atoms with van der Waals surface area (Å²) in [7, 11) is 0. The zero-order chi connectivity index (χ0) is 29.1. The van der Waals surface area contributed by atoms with Gasteiger partial charge in [0.25, 0.3) is 11.8 Å². The van der Waals surface area contributed by atoms with Crippen LogP contribution in [0.25, 0.3) is 0 Å². The summed E-state index contributed by atoms with van der Waals surface area (Å²) in [5.41, 5.74) is 4.45. The first-order valence-electron chi connectivity index (χ1n) is 11.9. The lowest BCUT2D eigenvalue weighted by Crippen LogP contribution is -2.27. The number of halogens is 3. The average molecular weight is 624 g/mol. The van der Waals surface area contributed by atoms with Gasteiger partial charge in [-0.05, 0) is 66.4 Å². The molecule has 3 aromatic rings. The van der Waals surface area contributed by atoms with E-state index >= 15 is 0 Å². The third kappa shape index (κ3) is 6.44.